The number of amides is 1. The Hall–Kier alpha value is -2.62. The summed E-state index contributed by atoms with van der Waals surface area (Å²) in [6.07, 6.45) is 0. The molecule has 0 aromatic heterocycles. The first-order valence-corrected chi connectivity index (χ1v) is 7.63. The van der Waals surface area contributed by atoms with Crippen molar-refractivity contribution >= 4 is 11.9 Å². The van der Waals surface area contributed by atoms with Gasteiger partial charge < -0.3 is 10.0 Å². The molecule has 0 radical (unpaired) electrons. The van der Waals surface area contributed by atoms with Crippen LogP contribution in [0.4, 0.5) is 0 Å². The first-order chi connectivity index (χ1) is 11.0. The van der Waals surface area contributed by atoms with Crippen molar-refractivity contribution < 1.29 is 14.7 Å². The molecule has 2 rings (SSSR count). The molecule has 4 heteroatoms. The van der Waals surface area contributed by atoms with Gasteiger partial charge >= 0.3 is 5.97 Å². The highest BCUT2D eigenvalue weighted by molar-refractivity contribution is 5.89. The number of carboxylic acid groups (broad SMARTS) is 1. The lowest BCUT2D eigenvalue weighted by Crippen LogP contribution is -2.43. The van der Waals surface area contributed by atoms with E-state index in [1.54, 1.807) is 0 Å². The summed E-state index contributed by atoms with van der Waals surface area (Å²) in [6, 6.07) is 18.7. The van der Waals surface area contributed by atoms with E-state index in [1.165, 1.54) is 4.90 Å². The Morgan fingerprint density at radius 2 is 1.35 bits per heavy atom. The van der Waals surface area contributed by atoms with Gasteiger partial charge in [-0.05, 0) is 25.0 Å². The number of benzene rings is 2. The van der Waals surface area contributed by atoms with Crippen molar-refractivity contribution in [1.82, 2.24) is 4.90 Å². The molecule has 0 aliphatic carbocycles. The van der Waals surface area contributed by atoms with E-state index in [0.29, 0.717) is 0 Å². The van der Waals surface area contributed by atoms with Crippen molar-refractivity contribution in [3.05, 3.63) is 71.8 Å². The van der Waals surface area contributed by atoms with E-state index in [1.807, 2.05) is 74.5 Å². The van der Waals surface area contributed by atoms with Crippen molar-refractivity contribution in [1.29, 1.82) is 0 Å². The minimum atomic E-state index is -1.01. The highest BCUT2D eigenvalue weighted by Gasteiger charge is 2.30. The van der Waals surface area contributed by atoms with Gasteiger partial charge in [-0.25, -0.2) is 0 Å². The third kappa shape index (κ3) is 4.19. The Kier molecular flexibility index (Phi) is 5.52. The number of carbonyl (C=O) groups excluding carboxylic acids is 1. The molecular formula is C19H21NO3. The monoisotopic (exact) mass is 311 g/mol. The fourth-order valence-corrected chi connectivity index (χ4v) is 2.60. The summed E-state index contributed by atoms with van der Waals surface area (Å²) in [5.74, 6) is -1.70. The first-order valence-electron chi connectivity index (χ1n) is 7.63. The molecule has 2 aromatic carbocycles. The maximum Gasteiger partial charge on any atom is 0.323 e. The van der Waals surface area contributed by atoms with Crippen LogP contribution in [0.2, 0.25) is 0 Å². The summed E-state index contributed by atoms with van der Waals surface area (Å²) in [6.45, 7) is 3.36. The van der Waals surface area contributed by atoms with Crippen LogP contribution < -0.4 is 0 Å². The third-order valence-electron chi connectivity index (χ3n) is 3.72. The quantitative estimate of drug-likeness (QED) is 0.891. The molecule has 23 heavy (non-hydrogen) atoms. The number of carbonyl (C=O) groups is 2. The van der Waals surface area contributed by atoms with E-state index in [4.69, 9.17) is 5.11 Å². The van der Waals surface area contributed by atoms with Crippen LogP contribution in [0.25, 0.3) is 0 Å². The second kappa shape index (κ2) is 7.58. The zero-order chi connectivity index (χ0) is 16.8. The molecule has 0 saturated heterocycles. The van der Waals surface area contributed by atoms with Crippen LogP contribution in [-0.2, 0) is 9.59 Å². The summed E-state index contributed by atoms with van der Waals surface area (Å²) in [5, 5.41) is 9.11. The van der Waals surface area contributed by atoms with Crippen molar-refractivity contribution in [3.63, 3.8) is 0 Å². The van der Waals surface area contributed by atoms with Gasteiger partial charge in [-0.3, -0.25) is 9.59 Å². The van der Waals surface area contributed by atoms with Crippen molar-refractivity contribution in [2.75, 3.05) is 6.54 Å². The van der Waals surface area contributed by atoms with Gasteiger partial charge in [0.2, 0.25) is 5.91 Å². The van der Waals surface area contributed by atoms with Crippen LogP contribution in [0.5, 0.6) is 0 Å². The maximum atomic E-state index is 13.1. The normalized spacial score (nSPS) is 10.8. The molecule has 0 aliphatic heterocycles. The Bertz CT molecular complexity index is 613. The summed E-state index contributed by atoms with van der Waals surface area (Å²) >= 11 is 0. The van der Waals surface area contributed by atoms with E-state index < -0.39 is 11.9 Å². The van der Waals surface area contributed by atoms with E-state index >= 15 is 0 Å². The van der Waals surface area contributed by atoms with Crippen molar-refractivity contribution in [2.45, 2.75) is 25.8 Å². The van der Waals surface area contributed by atoms with Gasteiger partial charge in [-0.1, -0.05) is 60.7 Å². The van der Waals surface area contributed by atoms with Gasteiger partial charge in [0, 0.05) is 6.04 Å². The van der Waals surface area contributed by atoms with Crippen molar-refractivity contribution in [2.24, 2.45) is 0 Å². The molecule has 120 valence electrons. The van der Waals surface area contributed by atoms with E-state index in [9.17, 15) is 9.59 Å². The molecular weight excluding hydrogens is 290 g/mol. The molecule has 0 spiro atoms. The number of hydrogen-bond acceptors (Lipinski definition) is 2. The van der Waals surface area contributed by atoms with Gasteiger partial charge in [0.25, 0.3) is 0 Å². The number of carboxylic acids is 1. The van der Waals surface area contributed by atoms with Gasteiger partial charge in [0.15, 0.2) is 0 Å². The Labute approximate surface area is 136 Å². The highest BCUT2D eigenvalue weighted by atomic mass is 16.4. The van der Waals surface area contributed by atoms with Gasteiger partial charge in [-0.15, -0.1) is 0 Å². The van der Waals surface area contributed by atoms with E-state index in [2.05, 4.69) is 0 Å². The average molecular weight is 311 g/mol. The zero-order valence-electron chi connectivity index (χ0n) is 13.3. The predicted molar refractivity (Wildman–Crippen MR) is 89.2 cm³/mol. The second-order valence-corrected chi connectivity index (χ2v) is 5.71. The van der Waals surface area contributed by atoms with Crippen LogP contribution in [0.1, 0.15) is 30.9 Å². The molecule has 0 saturated carbocycles. The smallest absolute Gasteiger partial charge is 0.323 e. The highest BCUT2D eigenvalue weighted by Crippen LogP contribution is 2.27. The Morgan fingerprint density at radius 3 is 1.70 bits per heavy atom. The van der Waals surface area contributed by atoms with Crippen LogP contribution in [0.3, 0.4) is 0 Å². The molecule has 4 nitrogen and oxygen atoms in total. The third-order valence-corrected chi connectivity index (χ3v) is 3.72. The minimum Gasteiger partial charge on any atom is -0.480 e. The summed E-state index contributed by atoms with van der Waals surface area (Å²) in [5.41, 5.74) is 1.72. The van der Waals surface area contributed by atoms with E-state index in [0.717, 1.165) is 11.1 Å². The van der Waals surface area contributed by atoms with Crippen LogP contribution >= 0.6 is 0 Å². The molecule has 0 bridgehead atoms. The van der Waals surface area contributed by atoms with Crippen LogP contribution in [0, 0.1) is 0 Å². The van der Waals surface area contributed by atoms with E-state index in [-0.39, 0.29) is 18.5 Å². The maximum absolute atomic E-state index is 13.1. The minimum absolute atomic E-state index is 0.187. The molecule has 1 amide bonds. The molecule has 0 aliphatic rings. The predicted octanol–water partition coefficient (Wildman–Crippen LogP) is 3.14. The molecule has 0 fully saturated rings. The lowest BCUT2D eigenvalue weighted by Gasteiger charge is -2.29. The molecule has 0 heterocycles. The van der Waals surface area contributed by atoms with Gasteiger partial charge in [0.1, 0.15) is 6.54 Å². The standard InChI is InChI=1S/C19H21NO3/c1-14(2)20(13-17(21)22)19(23)18(15-9-5-3-6-10-15)16-11-7-4-8-12-16/h3-12,14,18H,13H2,1-2H3,(H,21,22). The van der Waals surface area contributed by atoms with Gasteiger partial charge in [-0.2, -0.15) is 0 Å². The lowest BCUT2D eigenvalue weighted by atomic mass is 9.89. The zero-order valence-corrected chi connectivity index (χ0v) is 13.3. The Balaban J connectivity index is 2.44. The van der Waals surface area contributed by atoms with Crippen LogP contribution in [0.15, 0.2) is 60.7 Å². The number of nitrogens with zero attached hydrogens (tertiary/aromatic N) is 1. The Morgan fingerprint density at radius 1 is 0.913 bits per heavy atom. The van der Waals surface area contributed by atoms with Gasteiger partial charge in [0.05, 0.1) is 5.92 Å². The fourth-order valence-electron chi connectivity index (χ4n) is 2.60. The summed E-state index contributed by atoms with van der Waals surface area (Å²) in [4.78, 5) is 25.6. The molecule has 1 N–H and O–H groups in total. The second-order valence-electron chi connectivity index (χ2n) is 5.71. The number of hydrogen-bond donors (Lipinski definition) is 1. The lowest BCUT2D eigenvalue weighted by molar-refractivity contribution is -0.146. The number of aliphatic carboxylic acids is 1. The average Bonchev–Trinajstić information content (AvgIpc) is 2.54. The largest absolute Gasteiger partial charge is 0.480 e. The first kappa shape index (κ1) is 16.7. The molecule has 0 unspecified atom stereocenters. The number of rotatable bonds is 6. The van der Waals surface area contributed by atoms with Crippen molar-refractivity contribution in [3.8, 4) is 0 Å². The van der Waals surface area contributed by atoms with Crippen LogP contribution in [-0.4, -0.2) is 34.5 Å². The SMILES string of the molecule is CC(C)N(CC(=O)O)C(=O)C(c1ccccc1)c1ccccc1. The summed E-state index contributed by atoms with van der Waals surface area (Å²) < 4.78 is 0. The molecule has 2 aromatic rings. The topological polar surface area (TPSA) is 57.6 Å². The summed E-state index contributed by atoms with van der Waals surface area (Å²) in [7, 11) is 0. The molecule has 0 atom stereocenters. The fraction of sp³-hybridized carbons (Fsp3) is 0.263.